The molecule has 1 saturated heterocycles. The number of likely N-dealkylation sites (tertiary alicyclic amines) is 1. The van der Waals surface area contributed by atoms with Crippen LogP contribution in [0.3, 0.4) is 0 Å². The topological polar surface area (TPSA) is 77.3 Å². The van der Waals surface area contributed by atoms with Crippen molar-refractivity contribution in [2.75, 3.05) is 26.8 Å². The first-order valence-electron chi connectivity index (χ1n) is 7.95. The van der Waals surface area contributed by atoms with E-state index in [4.69, 9.17) is 4.74 Å². The Balaban J connectivity index is 1.74. The van der Waals surface area contributed by atoms with Crippen molar-refractivity contribution in [1.82, 2.24) is 19.7 Å². The number of methoxy groups -OCH3 is 1. The molecule has 3 rings (SSSR count). The van der Waals surface area contributed by atoms with Gasteiger partial charge in [0, 0.05) is 43.8 Å². The molecule has 24 heavy (non-hydrogen) atoms. The van der Waals surface area contributed by atoms with Gasteiger partial charge in [-0.15, -0.1) is 11.3 Å². The van der Waals surface area contributed by atoms with Crippen LogP contribution >= 0.6 is 11.3 Å². The summed E-state index contributed by atoms with van der Waals surface area (Å²) in [6.45, 7) is 2.06. The van der Waals surface area contributed by atoms with Crippen LogP contribution in [-0.2, 0) is 11.3 Å². The number of hydrogen-bond donors (Lipinski definition) is 0. The highest BCUT2D eigenvalue weighted by atomic mass is 32.1. The van der Waals surface area contributed by atoms with Gasteiger partial charge in [-0.2, -0.15) is 5.10 Å². The van der Waals surface area contributed by atoms with Gasteiger partial charge >= 0.3 is 0 Å². The van der Waals surface area contributed by atoms with Gasteiger partial charge in [0.2, 0.25) is 0 Å². The third-order valence-corrected chi connectivity index (χ3v) is 5.04. The van der Waals surface area contributed by atoms with E-state index >= 15 is 0 Å². The molecule has 0 spiro atoms. The molecule has 2 aromatic rings. The van der Waals surface area contributed by atoms with Gasteiger partial charge < -0.3 is 9.64 Å². The molecule has 1 atom stereocenters. The third kappa shape index (κ3) is 3.70. The summed E-state index contributed by atoms with van der Waals surface area (Å²) in [5.41, 5.74) is 0.0633. The summed E-state index contributed by atoms with van der Waals surface area (Å²) in [7, 11) is 1.56. The molecule has 1 amide bonds. The van der Waals surface area contributed by atoms with E-state index in [2.05, 4.69) is 10.1 Å². The SMILES string of the molecule is COCCn1nc(C(=O)N2CCC[C@@H](c3nccs3)C2)ccc1=O. The Hall–Kier alpha value is -2.06. The molecule has 0 aliphatic carbocycles. The zero-order valence-electron chi connectivity index (χ0n) is 13.6. The zero-order valence-corrected chi connectivity index (χ0v) is 14.4. The van der Waals surface area contributed by atoms with Crippen molar-refractivity contribution < 1.29 is 9.53 Å². The predicted octanol–water partition coefficient (Wildman–Crippen LogP) is 1.37. The minimum absolute atomic E-state index is 0.137. The Bertz CT molecular complexity index is 744. The maximum atomic E-state index is 12.8. The van der Waals surface area contributed by atoms with Gasteiger partial charge in [0.05, 0.1) is 18.2 Å². The molecule has 0 bridgehead atoms. The molecule has 7 nitrogen and oxygen atoms in total. The average Bonchev–Trinajstić information content (AvgIpc) is 3.15. The molecule has 0 aromatic carbocycles. The Morgan fingerprint density at radius 1 is 1.46 bits per heavy atom. The number of aromatic nitrogens is 3. The predicted molar refractivity (Wildman–Crippen MR) is 90.4 cm³/mol. The fourth-order valence-corrected chi connectivity index (χ4v) is 3.63. The van der Waals surface area contributed by atoms with E-state index in [0.29, 0.717) is 31.9 Å². The van der Waals surface area contributed by atoms with Gasteiger partial charge in [0.1, 0.15) is 5.69 Å². The number of rotatable bonds is 5. The van der Waals surface area contributed by atoms with Crippen molar-refractivity contribution >= 4 is 17.2 Å². The summed E-state index contributed by atoms with van der Waals surface area (Å²) in [6.07, 6.45) is 3.78. The maximum absolute atomic E-state index is 12.8. The fraction of sp³-hybridized carbons (Fsp3) is 0.500. The number of amides is 1. The van der Waals surface area contributed by atoms with Gasteiger partial charge in [-0.05, 0) is 18.9 Å². The van der Waals surface area contributed by atoms with E-state index in [0.717, 1.165) is 17.8 Å². The van der Waals surface area contributed by atoms with Crippen LogP contribution in [0.1, 0.15) is 34.3 Å². The summed E-state index contributed by atoms with van der Waals surface area (Å²) in [5.74, 6) is 0.143. The standard InChI is InChI=1S/C16H20N4O3S/c1-23-9-8-20-14(21)5-4-13(18-20)16(22)19-7-2-3-12(11-19)15-17-6-10-24-15/h4-6,10,12H,2-3,7-9,11H2,1H3/t12-/m1/s1. The molecule has 2 aromatic heterocycles. The smallest absolute Gasteiger partial charge is 0.274 e. The fourth-order valence-electron chi connectivity index (χ4n) is 2.86. The van der Waals surface area contributed by atoms with Crippen LogP contribution in [0.2, 0.25) is 0 Å². The molecule has 0 unspecified atom stereocenters. The highest BCUT2D eigenvalue weighted by Crippen LogP contribution is 2.28. The van der Waals surface area contributed by atoms with E-state index in [-0.39, 0.29) is 17.4 Å². The Morgan fingerprint density at radius 3 is 3.08 bits per heavy atom. The first kappa shape index (κ1) is 16.8. The highest BCUT2D eigenvalue weighted by molar-refractivity contribution is 7.09. The number of carbonyl (C=O) groups is 1. The number of thiazole rings is 1. The average molecular weight is 348 g/mol. The molecule has 1 fully saturated rings. The van der Waals surface area contributed by atoms with Crippen LogP contribution in [0.25, 0.3) is 0 Å². The van der Waals surface area contributed by atoms with Crippen molar-refractivity contribution in [2.45, 2.75) is 25.3 Å². The molecular weight excluding hydrogens is 328 g/mol. The van der Waals surface area contributed by atoms with E-state index in [1.807, 2.05) is 10.3 Å². The van der Waals surface area contributed by atoms with E-state index in [1.165, 1.54) is 16.8 Å². The van der Waals surface area contributed by atoms with Crippen molar-refractivity contribution in [1.29, 1.82) is 0 Å². The second kappa shape index (κ2) is 7.67. The van der Waals surface area contributed by atoms with Crippen molar-refractivity contribution in [3.63, 3.8) is 0 Å². The molecule has 128 valence electrons. The lowest BCUT2D eigenvalue weighted by molar-refractivity contribution is 0.0697. The summed E-state index contributed by atoms with van der Waals surface area (Å²) >= 11 is 1.63. The van der Waals surface area contributed by atoms with Gasteiger partial charge in [0.15, 0.2) is 0 Å². The van der Waals surface area contributed by atoms with E-state index in [1.54, 1.807) is 24.6 Å². The van der Waals surface area contributed by atoms with Crippen LogP contribution < -0.4 is 5.56 Å². The number of hydrogen-bond acceptors (Lipinski definition) is 6. The lowest BCUT2D eigenvalue weighted by atomic mass is 9.98. The number of carbonyl (C=O) groups excluding carboxylic acids is 1. The normalized spacial score (nSPS) is 17.9. The Morgan fingerprint density at radius 2 is 2.33 bits per heavy atom. The molecular formula is C16H20N4O3S. The van der Waals surface area contributed by atoms with E-state index in [9.17, 15) is 9.59 Å². The van der Waals surface area contributed by atoms with Crippen molar-refractivity contribution in [2.24, 2.45) is 0 Å². The molecule has 1 aliphatic rings. The van der Waals surface area contributed by atoms with Crippen LogP contribution in [0.4, 0.5) is 0 Å². The lowest BCUT2D eigenvalue weighted by Crippen LogP contribution is -2.40. The minimum atomic E-state index is -0.233. The van der Waals surface area contributed by atoms with Crippen LogP contribution in [0, 0.1) is 0 Å². The zero-order chi connectivity index (χ0) is 16.9. The Kier molecular flexibility index (Phi) is 5.37. The second-order valence-electron chi connectivity index (χ2n) is 5.73. The van der Waals surface area contributed by atoms with Crippen LogP contribution in [0.5, 0.6) is 0 Å². The Labute approximate surface area is 143 Å². The van der Waals surface area contributed by atoms with Gasteiger partial charge in [-0.25, -0.2) is 9.67 Å². The minimum Gasteiger partial charge on any atom is -0.383 e. The summed E-state index contributed by atoms with van der Waals surface area (Å²) in [4.78, 5) is 30.7. The molecule has 0 radical (unpaired) electrons. The van der Waals surface area contributed by atoms with Gasteiger partial charge in [-0.1, -0.05) is 0 Å². The lowest BCUT2D eigenvalue weighted by Gasteiger charge is -2.31. The van der Waals surface area contributed by atoms with Crippen LogP contribution in [-0.4, -0.2) is 52.4 Å². The third-order valence-electron chi connectivity index (χ3n) is 4.10. The summed E-state index contributed by atoms with van der Waals surface area (Å²) in [5, 5.41) is 7.23. The van der Waals surface area contributed by atoms with E-state index < -0.39 is 0 Å². The monoisotopic (exact) mass is 348 g/mol. The second-order valence-corrected chi connectivity index (χ2v) is 6.66. The quantitative estimate of drug-likeness (QED) is 0.815. The van der Waals surface area contributed by atoms with Crippen molar-refractivity contribution in [3.8, 4) is 0 Å². The van der Waals surface area contributed by atoms with Gasteiger partial charge in [-0.3, -0.25) is 9.59 Å². The molecule has 8 heteroatoms. The summed E-state index contributed by atoms with van der Waals surface area (Å²) in [6, 6.07) is 2.89. The largest absolute Gasteiger partial charge is 0.383 e. The first-order valence-corrected chi connectivity index (χ1v) is 8.83. The number of ether oxygens (including phenoxy) is 1. The van der Waals surface area contributed by atoms with Crippen molar-refractivity contribution in [3.05, 3.63) is 44.8 Å². The molecule has 0 N–H and O–H groups in total. The molecule has 0 saturated carbocycles. The first-order chi connectivity index (χ1) is 11.7. The maximum Gasteiger partial charge on any atom is 0.274 e. The number of nitrogens with zero attached hydrogens (tertiary/aromatic N) is 4. The van der Waals surface area contributed by atoms with Crippen LogP contribution in [0.15, 0.2) is 28.5 Å². The summed E-state index contributed by atoms with van der Waals surface area (Å²) < 4.78 is 6.25. The van der Waals surface area contributed by atoms with Gasteiger partial charge in [0.25, 0.3) is 11.5 Å². The highest BCUT2D eigenvalue weighted by Gasteiger charge is 2.27. The molecule has 1 aliphatic heterocycles. The molecule has 3 heterocycles. The number of piperidine rings is 1.